The van der Waals surface area contributed by atoms with Gasteiger partial charge in [0.25, 0.3) is 0 Å². The van der Waals surface area contributed by atoms with Gasteiger partial charge in [-0.1, -0.05) is 236 Å². The van der Waals surface area contributed by atoms with Gasteiger partial charge in [0.2, 0.25) is 0 Å². The summed E-state index contributed by atoms with van der Waals surface area (Å²) < 4.78 is 28.3. The van der Waals surface area contributed by atoms with Crippen LogP contribution in [-0.2, 0) is 42.9 Å². The molecular formula is C73H110O12. The van der Waals surface area contributed by atoms with Crippen LogP contribution in [0.5, 0.6) is 0 Å². The molecule has 3 N–H and O–H groups in total. The Morgan fingerprint density at radius 1 is 0.400 bits per heavy atom. The van der Waals surface area contributed by atoms with Crippen molar-refractivity contribution in [1.82, 2.24) is 0 Å². The standard InChI is InChI=1S/C73H110O12/c1-4-7-10-13-16-19-22-25-28-31-33-36-38-41-44-47-50-53-56-59-65(74)81-62-64(83-66(75)60-57-54-51-48-45-42-39-35-30-27-24-21-18-15-12-9-6-3)63-82-73-71(69(78)68(77)70(85-73)72(79)80)84-67(76)61-58-55-52-49-46-43-40-37-34-32-29-26-23-20-17-14-11-8-5-2/h7-8,10-11,16-21,25-30,33-34,36-37,41,43-44,46,50,52-53,55,64,68-71,73,77-78H,4-6,9,12-15,22-24,31-32,35,38-40,42,45,47-49,51,54,56-63H2,1-3H3,(H,79,80)/b10-7-,11-8-,19-16-,20-17-,21-18-,28-25-,29-26-,30-27-,36-33-,37-34-,44-41-,46-43-,53-50-,55-52-. The summed E-state index contributed by atoms with van der Waals surface area (Å²) in [6.07, 6.45) is 74.7. The number of unbranched alkanes of at least 4 members (excludes halogenated alkanes) is 10. The topological polar surface area (TPSA) is 175 Å². The first-order valence-electron chi connectivity index (χ1n) is 32.1. The maximum Gasteiger partial charge on any atom is 0.335 e. The van der Waals surface area contributed by atoms with Gasteiger partial charge in [0, 0.05) is 19.3 Å². The van der Waals surface area contributed by atoms with Gasteiger partial charge < -0.3 is 39.0 Å². The molecule has 0 aromatic heterocycles. The Balaban J connectivity index is 2.78. The van der Waals surface area contributed by atoms with Crippen LogP contribution < -0.4 is 0 Å². The molecule has 85 heavy (non-hydrogen) atoms. The Labute approximate surface area is 513 Å². The highest BCUT2D eigenvalue weighted by Crippen LogP contribution is 2.26. The molecule has 0 amide bonds. The molecule has 1 saturated heterocycles. The zero-order valence-corrected chi connectivity index (χ0v) is 52.3. The summed E-state index contributed by atoms with van der Waals surface area (Å²) in [5.41, 5.74) is 0. The number of rotatable bonds is 52. The maximum atomic E-state index is 13.2. The van der Waals surface area contributed by atoms with Crippen LogP contribution in [0.15, 0.2) is 170 Å². The molecule has 0 radical (unpaired) electrons. The normalized spacial score (nSPS) is 18.6. The minimum Gasteiger partial charge on any atom is -0.479 e. The van der Waals surface area contributed by atoms with E-state index in [1.54, 1.807) is 0 Å². The van der Waals surface area contributed by atoms with E-state index in [9.17, 15) is 34.5 Å². The number of hydrogen-bond donors (Lipinski definition) is 3. The minimum atomic E-state index is -1.95. The van der Waals surface area contributed by atoms with Crippen molar-refractivity contribution in [3.8, 4) is 0 Å². The van der Waals surface area contributed by atoms with E-state index in [4.69, 9.17) is 23.7 Å². The zero-order valence-electron chi connectivity index (χ0n) is 52.3. The number of carbonyl (C=O) groups is 4. The molecule has 0 aliphatic carbocycles. The number of ether oxygens (including phenoxy) is 5. The fraction of sp³-hybridized carbons (Fsp3) is 0.562. The number of carboxylic acids is 1. The number of carboxylic acid groups (broad SMARTS) is 1. The number of hydrogen-bond acceptors (Lipinski definition) is 11. The van der Waals surface area contributed by atoms with Crippen LogP contribution in [0.3, 0.4) is 0 Å². The SMILES string of the molecule is CC/C=C\C/C=C\C/C=C\C/C=C\C/C=C\C/C=C\CCC(=O)OCC(COC1OC(C(=O)O)C(O)C(O)C1OC(=O)CC/C=C\C/C=C\C/C=C\C/C=C\C/C=C\C/C=C\CC)OC(=O)CCCCCCCCC/C=C\C/C=C\CCCCC. The van der Waals surface area contributed by atoms with Gasteiger partial charge in [-0.15, -0.1) is 0 Å². The number of esters is 3. The Bertz CT molecular complexity index is 2130. The lowest BCUT2D eigenvalue weighted by atomic mass is 9.98. The van der Waals surface area contributed by atoms with Crippen LogP contribution in [0.2, 0.25) is 0 Å². The van der Waals surface area contributed by atoms with Crippen molar-refractivity contribution in [2.45, 2.75) is 250 Å². The molecule has 1 fully saturated rings. The molecular weight excluding hydrogens is 1070 g/mol. The number of aliphatic hydroxyl groups excluding tert-OH is 2. The van der Waals surface area contributed by atoms with Crippen molar-refractivity contribution in [3.63, 3.8) is 0 Å². The number of aliphatic hydroxyl groups is 2. The second-order valence-electron chi connectivity index (χ2n) is 20.9. The summed E-state index contributed by atoms with van der Waals surface area (Å²) in [6, 6.07) is 0. The van der Waals surface area contributed by atoms with E-state index in [0.717, 1.165) is 122 Å². The Hall–Kier alpha value is -5.92. The first-order valence-corrected chi connectivity index (χ1v) is 32.1. The first-order chi connectivity index (χ1) is 41.6. The number of carbonyl (C=O) groups excluding carboxylic acids is 3. The molecule has 0 spiro atoms. The average molecular weight is 1180 g/mol. The summed E-state index contributed by atoms with van der Waals surface area (Å²) in [4.78, 5) is 51.3. The predicted octanol–water partition coefficient (Wildman–Crippen LogP) is 17.5. The third kappa shape index (κ3) is 48.0. The second kappa shape index (κ2) is 58.5. The third-order valence-corrected chi connectivity index (χ3v) is 13.3. The fourth-order valence-corrected chi connectivity index (χ4v) is 8.45. The van der Waals surface area contributed by atoms with Gasteiger partial charge >= 0.3 is 23.9 Å². The van der Waals surface area contributed by atoms with Crippen LogP contribution in [0, 0.1) is 0 Å². The molecule has 0 saturated carbocycles. The van der Waals surface area contributed by atoms with Crippen LogP contribution in [-0.4, -0.2) is 89.2 Å². The highest BCUT2D eigenvalue weighted by molar-refractivity contribution is 5.74. The smallest absolute Gasteiger partial charge is 0.335 e. The zero-order chi connectivity index (χ0) is 61.7. The molecule has 6 atom stereocenters. The summed E-state index contributed by atoms with van der Waals surface area (Å²) >= 11 is 0. The molecule has 6 unspecified atom stereocenters. The van der Waals surface area contributed by atoms with E-state index in [1.165, 1.54) is 19.3 Å². The van der Waals surface area contributed by atoms with E-state index in [2.05, 4.69) is 161 Å². The van der Waals surface area contributed by atoms with E-state index in [0.29, 0.717) is 32.1 Å². The molecule has 0 aromatic rings. The third-order valence-electron chi connectivity index (χ3n) is 13.3. The van der Waals surface area contributed by atoms with Crippen LogP contribution in [0.25, 0.3) is 0 Å². The predicted molar refractivity (Wildman–Crippen MR) is 348 cm³/mol. The Morgan fingerprint density at radius 3 is 1.18 bits per heavy atom. The monoisotopic (exact) mass is 1180 g/mol. The van der Waals surface area contributed by atoms with Gasteiger partial charge in [-0.05, 0) is 128 Å². The van der Waals surface area contributed by atoms with E-state index < -0.39 is 67.3 Å². The van der Waals surface area contributed by atoms with Crippen molar-refractivity contribution in [2.75, 3.05) is 13.2 Å². The van der Waals surface area contributed by atoms with Gasteiger partial charge in [-0.25, -0.2) is 4.79 Å². The lowest BCUT2D eigenvalue weighted by molar-refractivity contribution is -0.301. The molecule has 474 valence electrons. The quantitative estimate of drug-likeness (QED) is 0.0228. The molecule has 12 nitrogen and oxygen atoms in total. The van der Waals surface area contributed by atoms with Crippen LogP contribution in [0.4, 0.5) is 0 Å². The highest BCUT2D eigenvalue weighted by Gasteiger charge is 2.50. The lowest BCUT2D eigenvalue weighted by Crippen LogP contribution is -2.61. The molecule has 0 bridgehead atoms. The summed E-state index contributed by atoms with van der Waals surface area (Å²) in [6.45, 7) is 5.63. The number of aliphatic carboxylic acids is 1. The molecule has 1 aliphatic rings. The van der Waals surface area contributed by atoms with Gasteiger partial charge in [0.05, 0.1) is 6.61 Å². The van der Waals surface area contributed by atoms with Gasteiger partial charge in [0.15, 0.2) is 24.6 Å². The fourth-order valence-electron chi connectivity index (χ4n) is 8.45. The van der Waals surface area contributed by atoms with Crippen molar-refractivity contribution in [2.24, 2.45) is 0 Å². The van der Waals surface area contributed by atoms with Crippen LogP contribution >= 0.6 is 0 Å². The maximum absolute atomic E-state index is 13.2. The molecule has 1 heterocycles. The van der Waals surface area contributed by atoms with Gasteiger partial charge in [0.1, 0.15) is 18.8 Å². The summed E-state index contributed by atoms with van der Waals surface area (Å²) in [7, 11) is 0. The second-order valence-corrected chi connectivity index (χ2v) is 20.9. The van der Waals surface area contributed by atoms with Crippen molar-refractivity contribution < 1.29 is 58.2 Å². The van der Waals surface area contributed by atoms with Crippen molar-refractivity contribution in [3.05, 3.63) is 170 Å². The van der Waals surface area contributed by atoms with E-state index in [1.807, 2.05) is 30.4 Å². The summed E-state index contributed by atoms with van der Waals surface area (Å²) in [5, 5.41) is 31.6. The average Bonchev–Trinajstić information content (AvgIpc) is 3.51. The molecule has 1 aliphatic heterocycles. The lowest BCUT2D eigenvalue weighted by Gasteiger charge is -2.40. The van der Waals surface area contributed by atoms with Crippen molar-refractivity contribution in [1.29, 1.82) is 0 Å². The Kier molecular flexibility index (Phi) is 53.0. The van der Waals surface area contributed by atoms with Crippen molar-refractivity contribution >= 4 is 23.9 Å². The first kappa shape index (κ1) is 77.1. The van der Waals surface area contributed by atoms with Crippen LogP contribution in [0.1, 0.15) is 213 Å². The molecule has 12 heteroatoms. The molecule has 1 rings (SSSR count). The Morgan fingerprint density at radius 2 is 0.765 bits per heavy atom. The van der Waals surface area contributed by atoms with Gasteiger partial charge in [-0.3, -0.25) is 14.4 Å². The molecule has 0 aromatic carbocycles. The minimum absolute atomic E-state index is 0.0734. The van der Waals surface area contributed by atoms with E-state index >= 15 is 0 Å². The summed E-state index contributed by atoms with van der Waals surface area (Å²) in [5.74, 6) is -3.38. The number of allylic oxidation sites excluding steroid dienone is 28. The highest BCUT2D eigenvalue weighted by atomic mass is 16.7. The van der Waals surface area contributed by atoms with E-state index in [-0.39, 0.29) is 25.9 Å². The largest absolute Gasteiger partial charge is 0.479 e. The van der Waals surface area contributed by atoms with Gasteiger partial charge in [-0.2, -0.15) is 0 Å².